The van der Waals surface area contributed by atoms with E-state index in [9.17, 15) is 43.2 Å². The monoisotopic (exact) mass is 1090 g/mol. The Morgan fingerprint density at radius 3 is 0.973 bits per heavy atom. The van der Waals surface area contributed by atoms with Gasteiger partial charge < -0.3 is 33.8 Å². The number of phosphoric ester groups is 2. The topological polar surface area (TPSA) is 237 Å². The molecular formula is C54H104O17P2. The highest BCUT2D eigenvalue weighted by molar-refractivity contribution is 7.47. The molecule has 0 radical (unpaired) electrons. The maximum Gasteiger partial charge on any atom is 0.472 e. The number of carbonyl (C=O) groups excluding carboxylic acids is 4. The Hall–Kier alpha value is -1.94. The van der Waals surface area contributed by atoms with E-state index in [1.54, 1.807) is 0 Å². The fourth-order valence-corrected chi connectivity index (χ4v) is 9.36. The molecule has 0 spiro atoms. The lowest BCUT2D eigenvalue weighted by molar-refractivity contribution is -0.161. The molecule has 0 saturated carbocycles. The molecule has 0 fully saturated rings. The minimum absolute atomic E-state index is 0.103. The Kier molecular flexibility index (Phi) is 47.1. The van der Waals surface area contributed by atoms with E-state index in [1.165, 1.54) is 51.4 Å². The van der Waals surface area contributed by atoms with Gasteiger partial charge in [-0.3, -0.25) is 37.3 Å². The molecule has 0 aliphatic heterocycles. The third kappa shape index (κ3) is 48.2. The van der Waals surface area contributed by atoms with Crippen molar-refractivity contribution in [1.29, 1.82) is 0 Å². The molecule has 19 heteroatoms. The van der Waals surface area contributed by atoms with E-state index in [1.807, 2.05) is 0 Å². The van der Waals surface area contributed by atoms with Crippen molar-refractivity contribution in [3.05, 3.63) is 0 Å². The quantitative estimate of drug-likeness (QED) is 0.0222. The molecule has 0 aliphatic rings. The summed E-state index contributed by atoms with van der Waals surface area (Å²) in [5.74, 6) is -1.36. The molecule has 0 rings (SSSR count). The second-order valence-electron chi connectivity index (χ2n) is 19.9. The molecule has 432 valence electrons. The van der Waals surface area contributed by atoms with Crippen LogP contribution in [0.4, 0.5) is 0 Å². The molecule has 6 atom stereocenters. The minimum atomic E-state index is -4.93. The van der Waals surface area contributed by atoms with Gasteiger partial charge in [0.25, 0.3) is 0 Å². The molecule has 0 aliphatic carbocycles. The summed E-state index contributed by atoms with van der Waals surface area (Å²) in [6.45, 7) is 6.97. The van der Waals surface area contributed by atoms with Crippen LogP contribution in [-0.4, -0.2) is 96.7 Å². The van der Waals surface area contributed by atoms with E-state index in [2.05, 4.69) is 34.6 Å². The Labute approximate surface area is 441 Å². The second-order valence-corrected chi connectivity index (χ2v) is 22.8. The van der Waals surface area contributed by atoms with Crippen LogP contribution in [0.25, 0.3) is 0 Å². The van der Waals surface area contributed by atoms with Crippen LogP contribution in [0.1, 0.15) is 259 Å². The largest absolute Gasteiger partial charge is 0.472 e. The summed E-state index contributed by atoms with van der Waals surface area (Å²) < 4.78 is 67.2. The predicted molar refractivity (Wildman–Crippen MR) is 285 cm³/mol. The van der Waals surface area contributed by atoms with Crippen LogP contribution in [0, 0.1) is 5.92 Å². The van der Waals surface area contributed by atoms with Gasteiger partial charge in [0.05, 0.1) is 26.4 Å². The number of phosphoric acid groups is 2. The molecule has 0 heterocycles. The van der Waals surface area contributed by atoms with Crippen molar-refractivity contribution in [3.8, 4) is 0 Å². The van der Waals surface area contributed by atoms with Crippen molar-refractivity contribution in [1.82, 2.24) is 0 Å². The number of aliphatic hydroxyl groups excluding tert-OH is 1. The van der Waals surface area contributed by atoms with Gasteiger partial charge in [-0.15, -0.1) is 0 Å². The van der Waals surface area contributed by atoms with Crippen molar-refractivity contribution >= 4 is 39.5 Å². The first-order valence-electron chi connectivity index (χ1n) is 28.7. The predicted octanol–water partition coefficient (Wildman–Crippen LogP) is 13.9. The first-order valence-corrected chi connectivity index (χ1v) is 31.7. The summed E-state index contributed by atoms with van der Waals surface area (Å²) in [5.41, 5.74) is 0. The molecule has 0 amide bonds. The number of unbranched alkanes of at least 4 members (excludes halogenated alkanes) is 25. The van der Waals surface area contributed by atoms with E-state index >= 15 is 0 Å². The molecule has 0 aromatic heterocycles. The number of esters is 4. The summed E-state index contributed by atoms with van der Waals surface area (Å²) in [7, 11) is -9.85. The van der Waals surface area contributed by atoms with Gasteiger partial charge in [-0.1, -0.05) is 208 Å². The molecule has 0 saturated heterocycles. The first kappa shape index (κ1) is 71.1. The van der Waals surface area contributed by atoms with E-state index < -0.39 is 97.5 Å². The van der Waals surface area contributed by atoms with Gasteiger partial charge in [0.15, 0.2) is 12.2 Å². The zero-order valence-electron chi connectivity index (χ0n) is 46.3. The lowest BCUT2D eigenvalue weighted by Crippen LogP contribution is -2.30. The Bertz CT molecular complexity index is 1450. The maximum atomic E-state index is 12.9. The van der Waals surface area contributed by atoms with Crippen LogP contribution in [0.5, 0.6) is 0 Å². The number of hydrogen-bond acceptors (Lipinski definition) is 15. The third-order valence-electron chi connectivity index (χ3n) is 12.6. The number of aliphatic hydroxyl groups is 1. The maximum absolute atomic E-state index is 12.9. The van der Waals surface area contributed by atoms with E-state index in [-0.39, 0.29) is 25.7 Å². The summed E-state index contributed by atoms with van der Waals surface area (Å²) in [6, 6.07) is 0. The molecule has 0 aromatic rings. The van der Waals surface area contributed by atoms with E-state index in [4.69, 9.17) is 37.0 Å². The smallest absolute Gasteiger partial charge is 0.462 e. The van der Waals surface area contributed by atoms with Crippen molar-refractivity contribution in [2.24, 2.45) is 5.92 Å². The number of carbonyl (C=O) groups is 4. The number of rotatable bonds is 54. The van der Waals surface area contributed by atoms with Crippen LogP contribution >= 0.6 is 15.6 Å². The van der Waals surface area contributed by atoms with Crippen LogP contribution in [0.3, 0.4) is 0 Å². The average molecular weight is 1090 g/mol. The summed E-state index contributed by atoms with van der Waals surface area (Å²) >= 11 is 0. The molecule has 3 unspecified atom stereocenters. The highest BCUT2D eigenvalue weighted by atomic mass is 31.2. The van der Waals surface area contributed by atoms with Crippen LogP contribution < -0.4 is 0 Å². The van der Waals surface area contributed by atoms with Gasteiger partial charge in [-0.2, -0.15) is 0 Å². The first-order chi connectivity index (χ1) is 35.1. The van der Waals surface area contributed by atoms with Crippen molar-refractivity contribution in [3.63, 3.8) is 0 Å². The lowest BCUT2D eigenvalue weighted by atomic mass is 9.99. The standard InChI is InChI=1S/C54H104O17P2/c1-6-10-13-16-22-28-33-38-52(57)65-44-50(71-54(59)40-35-30-25-21-19-18-20-24-27-31-36-47(5)9-4)46-69-73(62,63)67-42-48(55)41-66-72(60,61)68-45-49(43-64-51(56)37-32-26-15-12-8-3)70-53(58)39-34-29-23-17-14-11-7-2/h47-50,55H,6-46H2,1-5H3,(H,60,61)(H,62,63)/t47?,48-,49+,50+/m0/s1. The summed E-state index contributed by atoms with van der Waals surface area (Å²) in [6.07, 6.45) is 28.5. The molecule has 73 heavy (non-hydrogen) atoms. The fraction of sp³-hybridized carbons (Fsp3) is 0.926. The Morgan fingerprint density at radius 1 is 0.384 bits per heavy atom. The second kappa shape index (κ2) is 48.4. The summed E-state index contributed by atoms with van der Waals surface area (Å²) in [4.78, 5) is 71.2. The molecule has 3 N–H and O–H groups in total. The van der Waals surface area contributed by atoms with Gasteiger partial charge in [0.1, 0.15) is 19.3 Å². The van der Waals surface area contributed by atoms with Crippen LogP contribution in [0.15, 0.2) is 0 Å². The zero-order valence-corrected chi connectivity index (χ0v) is 48.0. The van der Waals surface area contributed by atoms with Gasteiger partial charge in [0, 0.05) is 25.7 Å². The van der Waals surface area contributed by atoms with Gasteiger partial charge in [0.2, 0.25) is 0 Å². The van der Waals surface area contributed by atoms with Crippen molar-refractivity contribution < 1.29 is 80.2 Å². The average Bonchev–Trinajstić information content (AvgIpc) is 3.36. The van der Waals surface area contributed by atoms with E-state index in [0.717, 1.165) is 128 Å². The zero-order chi connectivity index (χ0) is 54.3. The molecule has 0 bridgehead atoms. The number of hydrogen-bond donors (Lipinski definition) is 3. The molecule has 0 aromatic carbocycles. The normalized spacial score (nSPS) is 14.9. The fourth-order valence-electron chi connectivity index (χ4n) is 7.78. The van der Waals surface area contributed by atoms with E-state index in [0.29, 0.717) is 25.7 Å². The highest BCUT2D eigenvalue weighted by Gasteiger charge is 2.30. The van der Waals surface area contributed by atoms with Crippen LogP contribution in [0.2, 0.25) is 0 Å². The number of ether oxygens (including phenoxy) is 4. The van der Waals surface area contributed by atoms with Gasteiger partial charge in [-0.05, 0) is 31.6 Å². The Morgan fingerprint density at radius 2 is 0.658 bits per heavy atom. The van der Waals surface area contributed by atoms with Gasteiger partial charge >= 0.3 is 39.5 Å². The Balaban J connectivity index is 5.13. The summed E-state index contributed by atoms with van der Waals surface area (Å²) in [5, 5.41) is 10.4. The molecule has 17 nitrogen and oxygen atoms in total. The SMILES string of the molecule is CCCCCCCCCC(=O)OC[C@H](COP(=O)(O)OC[C@@H](O)COP(=O)(O)OC[C@@H](COC(=O)CCCCCCC)OC(=O)CCCCCCCCC)OC(=O)CCCCCCCCCCCCC(C)CC. The highest BCUT2D eigenvalue weighted by Crippen LogP contribution is 2.45. The third-order valence-corrected chi connectivity index (χ3v) is 14.5. The lowest BCUT2D eigenvalue weighted by Gasteiger charge is -2.21. The van der Waals surface area contributed by atoms with Crippen LogP contribution in [-0.2, 0) is 65.4 Å². The minimum Gasteiger partial charge on any atom is -0.462 e. The van der Waals surface area contributed by atoms with Crippen molar-refractivity contribution in [2.45, 2.75) is 278 Å². The van der Waals surface area contributed by atoms with Crippen molar-refractivity contribution in [2.75, 3.05) is 39.6 Å². The molecular weight excluding hydrogens is 983 g/mol. The van der Waals surface area contributed by atoms with Gasteiger partial charge in [-0.25, -0.2) is 9.13 Å².